The summed E-state index contributed by atoms with van der Waals surface area (Å²) in [5.41, 5.74) is 0.428. The number of carbonyl (C=O) groups is 3. The van der Waals surface area contributed by atoms with Gasteiger partial charge in [-0.1, -0.05) is 6.07 Å². The second-order valence-corrected chi connectivity index (χ2v) is 7.01. The summed E-state index contributed by atoms with van der Waals surface area (Å²) in [6.07, 6.45) is 1.40. The molecule has 2 saturated heterocycles. The average Bonchev–Trinajstić information content (AvgIpc) is 2.94. The van der Waals surface area contributed by atoms with Crippen LogP contribution < -0.4 is 5.32 Å². The van der Waals surface area contributed by atoms with Crippen molar-refractivity contribution >= 4 is 23.5 Å². The van der Waals surface area contributed by atoms with Crippen molar-refractivity contribution in [3.05, 3.63) is 30.1 Å². The van der Waals surface area contributed by atoms with Crippen LogP contribution in [-0.4, -0.2) is 85.0 Å². The molecule has 152 valence electrons. The molecule has 8 nitrogen and oxygen atoms in total. The van der Waals surface area contributed by atoms with E-state index in [-0.39, 0.29) is 43.5 Å². The highest BCUT2D eigenvalue weighted by Gasteiger charge is 2.40. The largest absolute Gasteiger partial charge is 0.383 e. The number of likely N-dealkylation sites (tertiary alicyclic amines) is 1. The van der Waals surface area contributed by atoms with E-state index in [0.29, 0.717) is 38.2 Å². The van der Waals surface area contributed by atoms with E-state index in [1.807, 2.05) is 4.90 Å². The lowest BCUT2D eigenvalue weighted by Gasteiger charge is -2.35. The van der Waals surface area contributed by atoms with Crippen molar-refractivity contribution < 1.29 is 23.5 Å². The number of halogens is 1. The lowest BCUT2D eigenvalue weighted by Crippen LogP contribution is -2.48. The molecule has 4 amide bonds. The summed E-state index contributed by atoms with van der Waals surface area (Å²) < 4.78 is 18.1. The standard InChI is InChI=1S/C19H25FN4O4/c1-28-10-9-23-18(26)13-24(19(23)27)16-5-7-22(8-6-16)12-17(25)21-15-4-2-3-14(20)11-15/h2-4,11,16H,5-10,12-13H2,1H3,(H,21,25). The fraction of sp³-hybridized carbons (Fsp3) is 0.526. The van der Waals surface area contributed by atoms with Crippen LogP contribution in [0.1, 0.15) is 12.8 Å². The number of imide groups is 1. The molecule has 3 rings (SSSR count). The molecule has 1 aromatic carbocycles. The van der Waals surface area contributed by atoms with Crippen molar-refractivity contribution in [2.24, 2.45) is 0 Å². The molecule has 0 bridgehead atoms. The number of methoxy groups -OCH3 is 1. The van der Waals surface area contributed by atoms with Gasteiger partial charge in [0, 0.05) is 31.9 Å². The zero-order valence-electron chi connectivity index (χ0n) is 15.9. The van der Waals surface area contributed by atoms with Gasteiger partial charge in [0.2, 0.25) is 11.8 Å². The van der Waals surface area contributed by atoms with Gasteiger partial charge >= 0.3 is 6.03 Å². The maximum absolute atomic E-state index is 13.2. The Kier molecular flexibility index (Phi) is 6.58. The fourth-order valence-electron chi connectivity index (χ4n) is 3.61. The van der Waals surface area contributed by atoms with Gasteiger partial charge in [0.25, 0.3) is 0 Å². The molecule has 1 aromatic rings. The highest BCUT2D eigenvalue weighted by atomic mass is 19.1. The van der Waals surface area contributed by atoms with Gasteiger partial charge < -0.3 is 15.0 Å². The van der Waals surface area contributed by atoms with Gasteiger partial charge in [0.05, 0.1) is 19.7 Å². The molecule has 0 aromatic heterocycles. The molecule has 2 heterocycles. The summed E-state index contributed by atoms with van der Waals surface area (Å²) in [6, 6.07) is 5.51. The molecule has 0 aliphatic carbocycles. The number of anilines is 1. The maximum Gasteiger partial charge on any atom is 0.327 e. The Morgan fingerprint density at radius 2 is 2.04 bits per heavy atom. The van der Waals surface area contributed by atoms with Crippen molar-refractivity contribution in [2.75, 3.05) is 51.8 Å². The number of rotatable bonds is 7. The first-order chi connectivity index (χ1) is 13.5. The van der Waals surface area contributed by atoms with Crippen LogP contribution in [0.25, 0.3) is 0 Å². The van der Waals surface area contributed by atoms with Crippen LogP contribution in [0.4, 0.5) is 14.9 Å². The molecular weight excluding hydrogens is 367 g/mol. The number of piperidine rings is 1. The van der Waals surface area contributed by atoms with Gasteiger partial charge in [-0.2, -0.15) is 0 Å². The predicted molar refractivity (Wildman–Crippen MR) is 100 cm³/mol. The molecule has 28 heavy (non-hydrogen) atoms. The molecule has 0 unspecified atom stereocenters. The Labute approximate surface area is 163 Å². The number of nitrogens with zero attached hydrogens (tertiary/aromatic N) is 3. The lowest BCUT2D eigenvalue weighted by molar-refractivity contribution is -0.125. The third-order valence-electron chi connectivity index (χ3n) is 5.08. The summed E-state index contributed by atoms with van der Waals surface area (Å²) in [4.78, 5) is 41.6. The highest BCUT2D eigenvalue weighted by molar-refractivity contribution is 6.02. The lowest BCUT2D eigenvalue weighted by atomic mass is 10.0. The number of nitrogens with one attached hydrogen (secondary N) is 1. The number of hydrogen-bond donors (Lipinski definition) is 1. The number of hydrogen-bond acceptors (Lipinski definition) is 5. The average molecular weight is 392 g/mol. The van der Waals surface area contributed by atoms with Gasteiger partial charge in [-0.15, -0.1) is 0 Å². The Hall–Kier alpha value is -2.52. The zero-order chi connectivity index (χ0) is 20.1. The quantitative estimate of drug-likeness (QED) is 0.704. The molecule has 0 radical (unpaired) electrons. The second kappa shape index (κ2) is 9.11. The van der Waals surface area contributed by atoms with E-state index < -0.39 is 5.82 Å². The first-order valence-electron chi connectivity index (χ1n) is 9.35. The van der Waals surface area contributed by atoms with Crippen LogP contribution >= 0.6 is 0 Å². The SMILES string of the molecule is COCCN1C(=O)CN(C2CCN(CC(=O)Nc3cccc(F)c3)CC2)C1=O. The van der Waals surface area contributed by atoms with Crippen LogP contribution in [0.3, 0.4) is 0 Å². The van der Waals surface area contributed by atoms with Gasteiger partial charge in [0.15, 0.2) is 0 Å². The molecule has 2 aliphatic heterocycles. The van der Waals surface area contributed by atoms with Crippen molar-refractivity contribution in [2.45, 2.75) is 18.9 Å². The van der Waals surface area contributed by atoms with Crippen LogP contribution in [0.2, 0.25) is 0 Å². The van der Waals surface area contributed by atoms with Crippen molar-refractivity contribution in [3.63, 3.8) is 0 Å². The van der Waals surface area contributed by atoms with Crippen LogP contribution in [-0.2, 0) is 14.3 Å². The summed E-state index contributed by atoms with van der Waals surface area (Å²) in [6.45, 7) is 2.20. The van der Waals surface area contributed by atoms with Gasteiger partial charge in [-0.3, -0.25) is 19.4 Å². The Bertz CT molecular complexity index is 736. The summed E-state index contributed by atoms with van der Waals surface area (Å²) >= 11 is 0. The zero-order valence-corrected chi connectivity index (χ0v) is 15.9. The minimum absolute atomic E-state index is 0.00785. The summed E-state index contributed by atoms with van der Waals surface area (Å²) in [7, 11) is 1.53. The van der Waals surface area contributed by atoms with Crippen LogP contribution in [0, 0.1) is 5.82 Å². The Morgan fingerprint density at radius 3 is 2.71 bits per heavy atom. The maximum atomic E-state index is 13.2. The molecule has 0 atom stereocenters. The number of carbonyl (C=O) groups excluding carboxylic acids is 3. The number of amides is 4. The van der Waals surface area contributed by atoms with E-state index in [0.717, 1.165) is 0 Å². The molecule has 1 N–H and O–H groups in total. The van der Waals surface area contributed by atoms with Gasteiger partial charge in [-0.05, 0) is 31.0 Å². The Balaban J connectivity index is 1.46. The Morgan fingerprint density at radius 1 is 1.29 bits per heavy atom. The second-order valence-electron chi connectivity index (χ2n) is 7.01. The van der Waals surface area contributed by atoms with Crippen molar-refractivity contribution in [1.29, 1.82) is 0 Å². The minimum atomic E-state index is -0.400. The van der Waals surface area contributed by atoms with Gasteiger partial charge in [0.1, 0.15) is 12.4 Å². The number of benzene rings is 1. The first kappa shape index (κ1) is 20.2. The molecule has 0 spiro atoms. The normalized spacial score (nSPS) is 18.8. The summed E-state index contributed by atoms with van der Waals surface area (Å²) in [5, 5.41) is 2.69. The monoisotopic (exact) mass is 392 g/mol. The van der Waals surface area contributed by atoms with Crippen molar-refractivity contribution in [3.8, 4) is 0 Å². The highest BCUT2D eigenvalue weighted by Crippen LogP contribution is 2.22. The number of ether oxygens (including phenoxy) is 1. The molecular formula is C19H25FN4O4. The van der Waals surface area contributed by atoms with Crippen molar-refractivity contribution in [1.82, 2.24) is 14.7 Å². The minimum Gasteiger partial charge on any atom is -0.383 e. The predicted octanol–water partition coefficient (Wildman–Crippen LogP) is 1.14. The smallest absolute Gasteiger partial charge is 0.327 e. The first-order valence-corrected chi connectivity index (χ1v) is 9.35. The molecule has 2 fully saturated rings. The van der Waals surface area contributed by atoms with E-state index in [9.17, 15) is 18.8 Å². The van der Waals surface area contributed by atoms with Gasteiger partial charge in [-0.25, -0.2) is 9.18 Å². The van der Waals surface area contributed by atoms with Crippen LogP contribution in [0.15, 0.2) is 24.3 Å². The third kappa shape index (κ3) is 4.85. The molecule has 2 aliphatic rings. The summed E-state index contributed by atoms with van der Waals surface area (Å²) in [5.74, 6) is -0.802. The van der Waals surface area contributed by atoms with Crippen LogP contribution in [0.5, 0.6) is 0 Å². The third-order valence-corrected chi connectivity index (χ3v) is 5.08. The topological polar surface area (TPSA) is 82.2 Å². The van der Waals surface area contributed by atoms with E-state index in [4.69, 9.17) is 4.74 Å². The van der Waals surface area contributed by atoms with E-state index in [1.165, 1.54) is 24.1 Å². The number of urea groups is 1. The molecule has 0 saturated carbocycles. The molecule has 9 heteroatoms. The van der Waals surface area contributed by atoms with E-state index >= 15 is 0 Å². The van der Waals surface area contributed by atoms with E-state index in [2.05, 4.69) is 5.32 Å². The fourth-order valence-corrected chi connectivity index (χ4v) is 3.61. The van der Waals surface area contributed by atoms with E-state index in [1.54, 1.807) is 17.0 Å².